The smallest absolute Gasteiger partial charge is 0.329 e. The molecular formula is C22H25ClN4O3. The lowest BCUT2D eigenvalue weighted by molar-refractivity contribution is -0.116. The summed E-state index contributed by atoms with van der Waals surface area (Å²) in [4.78, 5) is 27.7. The Morgan fingerprint density at radius 3 is 2.50 bits per heavy atom. The zero-order valence-electron chi connectivity index (χ0n) is 16.9. The number of ether oxygens (including phenoxy) is 1. The quantitative estimate of drug-likeness (QED) is 0.653. The van der Waals surface area contributed by atoms with Crippen molar-refractivity contribution in [3.63, 3.8) is 0 Å². The van der Waals surface area contributed by atoms with E-state index in [1.54, 1.807) is 15.2 Å². The van der Waals surface area contributed by atoms with Crippen molar-refractivity contribution in [1.82, 2.24) is 9.13 Å². The van der Waals surface area contributed by atoms with E-state index in [-0.39, 0.29) is 18.0 Å². The summed E-state index contributed by atoms with van der Waals surface area (Å²) in [5, 5.41) is 3.54. The zero-order valence-corrected chi connectivity index (χ0v) is 17.7. The molecule has 0 aliphatic carbocycles. The van der Waals surface area contributed by atoms with Gasteiger partial charge in [0.05, 0.1) is 35.6 Å². The zero-order chi connectivity index (χ0) is 21.1. The molecule has 1 amide bonds. The van der Waals surface area contributed by atoms with E-state index in [0.29, 0.717) is 37.0 Å². The molecule has 0 bridgehead atoms. The van der Waals surface area contributed by atoms with E-state index in [4.69, 9.17) is 16.3 Å². The molecule has 0 saturated carbocycles. The largest absolute Gasteiger partial charge is 0.378 e. The normalized spacial score (nSPS) is 14.3. The summed E-state index contributed by atoms with van der Waals surface area (Å²) >= 11 is 6.17. The fourth-order valence-corrected chi connectivity index (χ4v) is 4.08. The number of fused-ring (bicyclic) bond motifs is 1. The maximum Gasteiger partial charge on any atom is 0.329 e. The van der Waals surface area contributed by atoms with Gasteiger partial charge in [-0.2, -0.15) is 0 Å². The van der Waals surface area contributed by atoms with Crippen LogP contribution in [0.2, 0.25) is 5.02 Å². The van der Waals surface area contributed by atoms with Crippen LogP contribution in [0, 0.1) is 0 Å². The third-order valence-electron chi connectivity index (χ3n) is 5.39. The number of para-hydroxylation sites is 2. The molecule has 8 heteroatoms. The second kappa shape index (κ2) is 8.93. The minimum Gasteiger partial charge on any atom is -0.378 e. The van der Waals surface area contributed by atoms with Crippen LogP contribution in [0.15, 0.2) is 47.3 Å². The molecule has 1 saturated heterocycles. The number of nitrogens with one attached hydrogen (secondary N) is 1. The summed E-state index contributed by atoms with van der Waals surface area (Å²) < 4.78 is 8.81. The lowest BCUT2D eigenvalue weighted by Gasteiger charge is -2.30. The highest BCUT2D eigenvalue weighted by Crippen LogP contribution is 2.30. The molecule has 1 aromatic heterocycles. The van der Waals surface area contributed by atoms with Gasteiger partial charge in [0.2, 0.25) is 5.91 Å². The summed E-state index contributed by atoms with van der Waals surface area (Å²) in [6.07, 6.45) is 0.187. The van der Waals surface area contributed by atoms with Gasteiger partial charge in [0.1, 0.15) is 0 Å². The van der Waals surface area contributed by atoms with Gasteiger partial charge in [-0.3, -0.25) is 13.9 Å². The molecule has 0 spiro atoms. The average Bonchev–Trinajstić information content (AvgIpc) is 3.03. The van der Waals surface area contributed by atoms with Crippen molar-refractivity contribution in [2.75, 3.05) is 36.5 Å². The van der Waals surface area contributed by atoms with Crippen LogP contribution in [0.3, 0.4) is 0 Å². The summed E-state index contributed by atoms with van der Waals surface area (Å²) in [6.45, 7) is 5.67. The van der Waals surface area contributed by atoms with Gasteiger partial charge in [0.15, 0.2) is 0 Å². The Morgan fingerprint density at radius 2 is 1.80 bits per heavy atom. The molecule has 30 heavy (non-hydrogen) atoms. The Balaban J connectivity index is 1.51. The summed E-state index contributed by atoms with van der Waals surface area (Å²) in [6, 6.07) is 13.2. The Morgan fingerprint density at radius 1 is 1.10 bits per heavy atom. The van der Waals surface area contributed by atoms with Crippen molar-refractivity contribution in [3.05, 3.63) is 58.0 Å². The predicted molar refractivity (Wildman–Crippen MR) is 120 cm³/mol. The lowest BCUT2D eigenvalue weighted by Crippen LogP contribution is -2.36. The first-order chi connectivity index (χ1) is 14.6. The highest BCUT2D eigenvalue weighted by molar-refractivity contribution is 6.31. The molecular weight excluding hydrogens is 404 g/mol. The number of hydrogen-bond acceptors (Lipinski definition) is 4. The van der Waals surface area contributed by atoms with Gasteiger partial charge in [-0.05, 0) is 37.3 Å². The average molecular weight is 429 g/mol. The number of carbonyl (C=O) groups is 1. The Labute approximate surface area is 179 Å². The maximum atomic E-state index is 12.8. The van der Waals surface area contributed by atoms with Crippen LogP contribution in [0.4, 0.5) is 11.4 Å². The first-order valence-electron chi connectivity index (χ1n) is 10.2. The summed E-state index contributed by atoms with van der Waals surface area (Å²) in [7, 11) is 0. The number of hydrogen-bond donors (Lipinski definition) is 1. The third-order valence-corrected chi connectivity index (χ3v) is 5.62. The predicted octanol–water partition coefficient (Wildman–Crippen LogP) is 3.34. The number of amides is 1. The molecule has 1 N–H and O–H groups in total. The van der Waals surface area contributed by atoms with Crippen LogP contribution in [0.25, 0.3) is 11.0 Å². The highest BCUT2D eigenvalue weighted by Gasteiger charge is 2.17. The van der Waals surface area contributed by atoms with E-state index in [1.807, 2.05) is 43.3 Å². The molecule has 7 nitrogen and oxygen atoms in total. The summed E-state index contributed by atoms with van der Waals surface area (Å²) in [5.74, 6) is -0.160. The van der Waals surface area contributed by atoms with E-state index in [9.17, 15) is 9.59 Å². The van der Waals surface area contributed by atoms with Crippen molar-refractivity contribution in [1.29, 1.82) is 0 Å². The van der Waals surface area contributed by atoms with Gasteiger partial charge in [-0.15, -0.1) is 0 Å². The number of benzene rings is 2. The summed E-state index contributed by atoms with van der Waals surface area (Å²) in [5.41, 5.74) is 3.24. The second-order valence-corrected chi connectivity index (χ2v) is 7.66. The van der Waals surface area contributed by atoms with Crippen LogP contribution in [-0.2, 0) is 22.6 Å². The number of aryl methyl sites for hydroxylation is 2. The van der Waals surface area contributed by atoms with Gasteiger partial charge in [-0.1, -0.05) is 23.7 Å². The monoisotopic (exact) mass is 428 g/mol. The Kier molecular flexibility index (Phi) is 6.11. The van der Waals surface area contributed by atoms with Gasteiger partial charge in [0.25, 0.3) is 0 Å². The minimum atomic E-state index is -0.160. The number of morpholine rings is 1. The molecule has 2 heterocycles. The van der Waals surface area contributed by atoms with Crippen molar-refractivity contribution in [2.24, 2.45) is 0 Å². The Hall–Kier alpha value is -2.77. The van der Waals surface area contributed by atoms with Crippen LogP contribution >= 0.6 is 11.6 Å². The van der Waals surface area contributed by atoms with Gasteiger partial charge in [-0.25, -0.2) is 4.79 Å². The van der Waals surface area contributed by atoms with Crippen molar-refractivity contribution in [3.8, 4) is 0 Å². The maximum absolute atomic E-state index is 12.8. The molecule has 2 aromatic carbocycles. The molecule has 0 atom stereocenters. The molecule has 1 fully saturated rings. The van der Waals surface area contributed by atoms with Crippen LogP contribution in [-0.4, -0.2) is 41.3 Å². The topological polar surface area (TPSA) is 68.5 Å². The SMILES string of the molecule is CCn1c(=O)n(CCC(=O)Nc2cc(Cl)ccc2N2CCOCC2)c2ccccc21. The second-order valence-electron chi connectivity index (χ2n) is 7.23. The minimum absolute atomic E-state index is 0.0942. The highest BCUT2D eigenvalue weighted by atomic mass is 35.5. The van der Waals surface area contributed by atoms with Crippen molar-refractivity contribution >= 4 is 39.9 Å². The lowest BCUT2D eigenvalue weighted by atomic mass is 10.2. The standard InChI is InChI=1S/C22H25ClN4O3/c1-2-26-19-5-3-4-6-20(19)27(22(26)29)10-9-21(28)24-17-15-16(23)7-8-18(17)25-11-13-30-14-12-25/h3-8,15H,2,9-14H2,1H3,(H,24,28). The van der Waals surface area contributed by atoms with E-state index in [2.05, 4.69) is 10.2 Å². The fourth-order valence-electron chi connectivity index (χ4n) is 3.91. The fraction of sp³-hybridized carbons (Fsp3) is 0.364. The number of anilines is 2. The molecule has 1 aliphatic heterocycles. The molecule has 1 aliphatic rings. The number of carbonyl (C=O) groups excluding carboxylic acids is 1. The van der Waals surface area contributed by atoms with E-state index < -0.39 is 0 Å². The Bertz CT molecular complexity index is 1120. The van der Waals surface area contributed by atoms with Crippen LogP contribution in [0.5, 0.6) is 0 Å². The first-order valence-corrected chi connectivity index (χ1v) is 10.6. The van der Waals surface area contributed by atoms with Crippen LogP contribution in [0.1, 0.15) is 13.3 Å². The van der Waals surface area contributed by atoms with E-state index >= 15 is 0 Å². The molecule has 0 unspecified atom stereocenters. The van der Waals surface area contributed by atoms with Gasteiger partial charge < -0.3 is 15.0 Å². The number of nitrogens with zero attached hydrogens (tertiary/aromatic N) is 3. The van der Waals surface area contributed by atoms with Crippen molar-refractivity contribution in [2.45, 2.75) is 26.4 Å². The number of aromatic nitrogens is 2. The van der Waals surface area contributed by atoms with E-state index in [1.165, 1.54) is 0 Å². The van der Waals surface area contributed by atoms with Gasteiger partial charge in [0, 0.05) is 37.6 Å². The van der Waals surface area contributed by atoms with E-state index in [0.717, 1.165) is 29.8 Å². The number of rotatable bonds is 6. The third kappa shape index (κ3) is 4.08. The van der Waals surface area contributed by atoms with Crippen molar-refractivity contribution < 1.29 is 9.53 Å². The number of halogens is 1. The first kappa shape index (κ1) is 20.5. The number of imidazole rings is 1. The molecule has 4 rings (SSSR count). The van der Waals surface area contributed by atoms with Crippen LogP contribution < -0.4 is 15.9 Å². The molecule has 158 valence electrons. The molecule has 0 radical (unpaired) electrons. The van der Waals surface area contributed by atoms with Gasteiger partial charge >= 0.3 is 5.69 Å². The molecule has 3 aromatic rings.